The van der Waals surface area contributed by atoms with Crippen LogP contribution in [0.3, 0.4) is 0 Å². The maximum atomic E-state index is 10.8. The number of halogens is 1. The summed E-state index contributed by atoms with van der Waals surface area (Å²) in [5.74, 6) is -0.163. The molecular weight excluding hydrogens is 341 g/mol. The van der Waals surface area contributed by atoms with Crippen molar-refractivity contribution in [3.8, 4) is 5.75 Å². The summed E-state index contributed by atoms with van der Waals surface area (Å²) in [6, 6.07) is 2.89. The van der Waals surface area contributed by atoms with E-state index in [9.17, 15) is 18.5 Å². The normalized spacial score (nSPS) is 11.1. The average Bonchev–Trinajstić information content (AvgIpc) is 2.15. The van der Waals surface area contributed by atoms with Crippen LogP contribution in [-0.2, 0) is 10.1 Å². The molecule has 0 aliphatic rings. The summed E-state index contributed by atoms with van der Waals surface area (Å²) in [7, 11) is -4.54. The lowest BCUT2D eigenvalue weighted by Crippen LogP contribution is -2.01. The van der Waals surface area contributed by atoms with Crippen molar-refractivity contribution >= 4 is 38.8 Å². The Kier molecular flexibility index (Phi) is 3.46. The minimum absolute atomic E-state index is 0.163. The molecule has 0 saturated heterocycles. The first-order valence-electron chi connectivity index (χ1n) is 3.41. The van der Waals surface area contributed by atoms with Gasteiger partial charge in [-0.25, -0.2) is 0 Å². The van der Waals surface area contributed by atoms with E-state index in [1.807, 2.05) is 0 Å². The van der Waals surface area contributed by atoms with Crippen LogP contribution in [0.2, 0.25) is 0 Å². The van der Waals surface area contributed by atoms with E-state index >= 15 is 0 Å². The van der Waals surface area contributed by atoms with Gasteiger partial charge in [-0.2, -0.15) is 8.42 Å². The van der Waals surface area contributed by atoms with Crippen LogP contribution in [0.4, 0.5) is 5.69 Å². The highest BCUT2D eigenvalue weighted by Crippen LogP contribution is 2.29. The first-order valence-corrected chi connectivity index (χ1v) is 5.73. The van der Waals surface area contributed by atoms with Gasteiger partial charge in [0.15, 0.2) is 28.8 Å². The average molecular weight is 345 g/mol. The van der Waals surface area contributed by atoms with E-state index in [1.54, 1.807) is 0 Å². The van der Waals surface area contributed by atoms with Gasteiger partial charge in [0.1, 0.15) is 4.90 Å². The number of hydrogen-bond donors (Lipinski definition) is 1. The first-order chi connectivity index (χ1) is 6.86. The van der Waals surface area contributed by atoms with Crippen molar-refractivity contribution in [1.82, 2.24) is 0 Å². The largest absolute Gasteiger partial charge is 0.426 e. The second kappa shape index (κ2) is 4.28. The second-order valence-corrected chi connectivity index (χ2v) is 4.27. The standard InChI is InChI=1S/C6H4INO6S/c7-14-5-2-1-4(8(9)10)3-6(5)15(11,12)13/h1-3H,(H,11,12,13). The van der Waals surface area contributed by atoms with Crippen molar-refractivity contribution in [2.75, 3.05) is 0 Å². The lowest BCUT2D eigenvalue weighted by Gasteiger charge is -2.02. The molecule has 0 amide bonds. The van der Waals surface area contributed by atoms with Gasteiger partial charge < -0.3 is 3.07 Å². The van der Waals surface area contributed by atoms with E-state index < -0.39 is 25.6 Å². The van der Waals surface area contributed by atoms with Crippen molar-refractivity contribution in [2.45, 2.75) is 4.90 Å². The fourth-order valence-corrected chi connectivity index (χ4v) is 2.04. The van der Waals surface area contributed by atoms with Crippen LogP contribution in [0, 0.1) is 10.1 Å². The van der Waals surface area contributed by atoms with Gasteiger partial charge in [-0.05, 0) is 6.07 Å². The quantitative estimate of drug-likeness (QED) is 0.386. The molecule has 0 bridgehead atoms. The van der Waals surface area contributed by atoms with Gasteiger partial charge in [0.05, 0.1) is 4.92 Å². The van der Waals surface area contributed by atoms with Crippen LogP contribution in [0.15, 0.2) is 23.1 Å². The van der Waals surface area contributed by atoms with Crippen molar-refractivity contribution in [1.29, 1.82) is 0 Å². The number of nitro groups is 1. The molecule has 7 nitrogen and oxygen atoms in total. The fraction of sp³-hybridized carbons (Fsp3) is 0. The summed E-state index contributed by atoms with van der Waals surface area (Å²) in [6.07, 6.45) is 0. The van der Waals surface area contributed by atoms with Crippen LogP contribution in [0.25, 0.3) is 0 Å². The van der Waals surface area contributed by atoms with E-state index in [-0.39, 0.29) is 5.75 Å². The van der Waals surface area contributed by atoms with Gasteiger partial charge in [-0.3, -0.25) is 14.7 Å². The highest BCUT2D eigenvalue weighted by atomic mass is 127. The number of non-ortho nitro benzene ring substituents is 1. The van der Waals surface area contributed by atoms with E-state index in [4.69, 9.17) is 4.55 Å². The van der Waals surface area contributed by atoms with Crippen LogP contribution >= 0.6 is 23.0 Å². The summed E-state index contributed by atoms with van der Waals surface area (Å²) in [5, 5.41) is 10.4. The third-order valence-electron chi connectivity index (χ3n) is 1.50. The molecule has 1 aromatic rings. The minimum Gasteiger partial charge on any atom is -0.426 e. The maximum Gasteiger partial charge on any atom is 0.298 e. The van der Waals surface area contributed by atoms with Crippen molar-refractivity contribution in [3.63, 3.8) is 0 Å². The Morgan fingerprint density at radius 1 is 1.47 bits per heavy atom. The third-order valence-corrected chi connectivity index (χ3v) is 2.85. The molecule has 0 spiro atoms. The Morgan fingerprint density at radius 2 is 2.07 bits per heavy atom. The SMILES string of the molecule is O=[N+]([O-])c1ccc(OI)c(S(=O)(=O)O)c1. The lowest BCUT2D eigenvalue weighted by molar-refractivity contribution is -0.385. The van der Waals surface area contributed by atoms with Gasteiger partial charge in [0.2, 0.25) is 0 Å². The number of rotatable bonds is 3. The molecule has 0 heterocycles. The molecule has 9 heteroatoms. The molecule has 0 aliphatic carbocycles. The topological polar surface area (TPSA) is 107 Å². The van der Waals surface area contributed by atoms with Crippen LogP contribution < -0.4 is 3.07 Å². The molecule has 0 radical (unpaired) electrons. The number of benzene rings is 1. The molecule has 82 valence electrons. The Morgan fingerprint density at radius 3 is 2.47 bits per heavy atom. The van der Waals surface area contributed by atoms with E-state index in [0.29, 0.717) is 0 Å². The zero-order valence-corrected chi connectivity index (χ0v) is 9.93. The van der Waals surface area contributed by atoms with E-state index in [0.717, 1.165) is 18.2 Å². The van der Waals surface area contributed by atoms with E-state index in [2.05, 4.69) is 3.07 Å². The van der Waals surface area contributed by atoms with Gasteiger partial charge in [0.25, 0.3) is 15.8 Å². The predicted molar refractivity (Wildman–Crippen MR) is 57.6 cm³/mol. The third kappa shape index (κ3) is 2.76. The number of nitro benzene ring substituents is 1. The Hall–Kier alpha value is -0.940. The molecular formula is C6H4INO6S. The smallest absolute Gasteiger partial charge is 0.298 e. The van der Waals surface area contributed by atoms with Gasteiger partial charge in [-0.15, -0.1) is 0 Å². The monoisotopic (exact) mass is 345 g/mol. The highest BCUT2D eigenvalue weighted by molar-refractivity contribution is 14.1. The zero-order chi connectivity index (χ0) is 11.6. The van der Waals surface area contributed by atoms with Crippen LogP contribution in [-0.4, -0.2) is 17.9 Å². The zero-order valence-electron chi connectivity index (χ0n) is 6.95. The molecule has 1 rings (SSSR count). The minimum atomic E-state index is -4.54. The van der Waals surface area contributed by atoms with Crippen molar-refractivity contribution < 1.29 is 21.0 Å². The lowest BCUT2D eigenvalue weighted by atomic mass is 10.3. The predicted octanol–water partition coefficient (Wildman–Crippen LogP) is 1.57. The Labute approximate surface area is 98.6 Å². The summed E-state index contributed by atoms with van der Waals surface area (Å²) < 4.78 is 35.1. The van der Waals surface area contributed by atoms with Gasteiger partial charge >= 0.3 is 0 Å². The Bertz CT molecular complexity index is 498. The second-order valence-electron chi connectivity index (χ2n) is 2.44. The van der Waals surface area contributed by atoms with Crippen molar-refractivity contribution in [3.05, 3.63) is 28.3 Å². The van der Waals surface area contributed by atoms with Crippen LogP contribution in [0.5, 0.6) is 5.75 Å². The number of nitrogens with zero attached hydrogens (tertiary/aromatic N) is 1. The summed E-state index contributed by atoms with van der Waals surface area (Å²) >= 11 is 1.40. The molecule has 0 aliphatic heterocycles. The fourth-order valence-electron chi connectivity index (χ4n) is 0.876. The van der Waals surface area contributed by atoms with Gasteiger partial charge in [0, 0.05) is 12.1 Å². The Balaban J connectivity index is 3.46. The first kappa shape index (κ1) is 12.1. The molecule has 0 fully saturated rings. The molecule has 15 heavy (non-hydrogen) atoms. The van der Waals surface area contributed by atoms with Gasteiger partial charge in [-0.1, -0.05) is 0 Å². The van der Waals surface area contributed by atoms with Crippen LogP contribution in [0.1, 0.15) is 0 Å². The highest BCUT2D eigenvalue weighted by Gasteiger charge is 2.20. The molecule has 1 N–H and O–H groups in total. The summed E-state index contributed by atoms with van der Waals surface area (Å²) in [4.78, 5) is 8.96. The summed E-state index contributed by atoms with van der Waals surface area (Å²) in [6.45, 7) is 0. The summed E-state index contributed by atoms with van der Waals surface area (Å²) in [5.41, 5.74) is -0.445. The molecule has 0 aromatic heterocycles. The number of hydrogen-bond acceptors (Lipinski definition) is 5. The molecule has 0 unspecified atom stereocenters. The van der Waals surface area contributed by atoms with E-state index in [1.165, 1.54) is 23.0 Å². The molecule has 0 atom stereocenters. The van der Waals surface area contributed by atoms with Crippen molar-refractivity contribution in [2.24, 2.45) is 0 Å². The molecule has 0 saturated carbocycles. The maximum absolute atomic E-state index is 10.8. The molecule has 1 aromatic carbocycles.